The van der Waals surface area contributed by atoms with Crippen LogP contribution in [0.15, 0.2) is 53.6 Å². The van der Waals surface area contributed by atoms with Crippen LogP contribution in [0.1, 0.15) is 0 Å². The molecule has 0 aliphatic carbocycles. The van der Waals surface area contributed by atoms with Crippen LogP contribution in [-0.2, 0) is 0 Å². The maximum Gasteiger partial charge on any atom is 0.258 e. The Bertz CT molecular complexity index is 793. The minimum absolute atomic E-state index is 0.130. The Morgan fingerprint density at radius 2 is 1.95 bits per heavy atom. The third-order valence-electron chi connectivity index (χ3n) is 3.04. The number of fused-ring (bicyclic) bond motifs is 1. The van der Waals surface area contributed by atoms with Gasteiger partial charge in [0.25, 0.3) is 5.56 Å². The van der Waals surface area contributed by atoms with Gasteiger partial charge in [-0.15, -0.1) is 0 Å². The van der Waals surface area contributed by atoms with Gasteiger partial charge in [-0.2, -0.15) is 0 Å². The Morgan fingerprint density at radius 1 is 1.11 bits per heavy atom. The summed E-state index contributed by atoms with van der Waals surface area (Å²) in [6, 6.07) is 13.4. The second-order valence-electron chi connectivity index (χ2n) is 4.20. The lowest BCUT2D eigenvalue weighted by Crippen LogP contribution is -2.05. The van der Waals surface area contributed by atoms with Gasteiger partial charge in [-0.3, -0.25) is 4.79 Å². The van der Waals surface area contributed by atoms with Gasteiger partial charge in [0.1, 0.15) is 5.75 Å². The van der Waals surface area contributed by atoms with Crippen molar-refractivity contribution >= 4 is 10.9 Å². The fraction of sp³-hybridized carbons (Fsp3) is 0.0667. The highest BCUT2D eigenvalue weighted by molar-refractivity contribution is 5.83. The number of rotatable bonds is 2. The fourth-order valence-electron chi connectivity index (χ4n) is 2.05. The van der Waals surface area contributed by atoms with Gasteiger partial charge >= 0.3 is 0 Å². The van der Waals surface area contributed by atoms with Crippen molar-refractivity contribution in [3.05, 3.63) is 59.1 Å². The van der Waals surface area contributed by atoms with E-state index in [-0.39, 0.29) is 5.56 Å². The van der Waals surface area contributed by atoms with Gasteiger partial charge in [0.05, 0.1) is 24.3 Å². The predicted octanol–water partition coefficient (Wildman–Crippen LogP) is 2.60. The average molecular weight is 252 g/mol. The number of benzene rings is 2. The summed E-state index contributed by atoms with van der Waals surface area (Å²) in [6.45, 7) is 0. The summed E-state index contributed by atoms with van der Waals surface area (Å²) in [6.07, 6.45) is 1.41. The van der Waals surface area contributed by atoms with Crippen LogP contribution >= 0.6 is 0 Å². The Hall–Kier alpha value is -2.62. The number of hydrogen-bond donors (Lipinski definition) is 1. The largest absolute Gasteiger partial charge is 0.497 e. The number of aromatic amines is 1. The zero-order chi connectivity index (χ0) is 13.2. The lowest BCUT2D eigenvalue weighted by Gasteiger charge is -2.05. The molecule has 4 nitrogen and oxygen atoms in total. The topological polar surface area (TPSA) is 55.0 Å². The zero-order valence-corrected chi connectivity index (χ0v) is 10.4. The van der Waals surface area contributed by atoms with Gasteiger partial charge < -0.3 is 9.72 Å². The molecule has 0 atom stereocenters. The first-order valence-corrected chi connectivity index (χ1v) is 5.90. The fourth-order valence-corrected chi connectivity index (χ4v) is 2.05. The molecule has 94 valence electrons. The number of ether oxygens (including phenoxy) is 1. The molecule has 0 saturated heterocycles. The molecule has 0 saturated carbocycles. The number of methoxy groups -OCH3 is 1. The maximum atomic E-state index is 11.8. The Kier molecular flexibility index (Phi) is 2.76. The van der Waals surface area contributed by atoms with E-state index in [1.54, 1.807) is 7.11 Å². The molecule has 3 aromatic rings. The van der Waals surface area contributed by atoms with E-state index < -0.39 is 0 Å². The molecule has 0 bridgehead atoms. The van der Waals surface area contributed by atoms with Gasteiger partial charge in [0, 0.05) is 0 Å². The van der Waals surface area contributed by atoms with E-state index >= 15 is 0 Å². The molecule has 0 fully saturated rings. The van der Waals surface area contributed by atoms with Crippen molar-refractivity contribution in [2.24, 2.45) is 0 Å². The van der Waals surface area contributed by atoms with Crippen molar-refractivity contribution < 1.29 is 4.74 Å². The summed E-state index contributed by atoms with van der Waals surface area (Å²) in [4.78, 5) is 18.5. The number of nitrogens with zero attached hydrogens (tertiary/aromatic N) is 1. The maximum absolute atomic E-state index is 11.8. The summed E-state index contributed by atoms with van der Waals surface area (Å²) in [7, 11) is 1.63. The van der Waals surface area contributed by atoms with Crippen molar-refractivity contribution in [2.75, 3.05) is 7.11 Å². The monoisotopic (exact) mass is 252 g/mol. The van der Waals surface area contributed by atoms with Crippen LogP contribution in [0.4, 0.5) is 0 Å². The second kappa shape index (κ2) is 4.57. The minimum atomic E-state index is -0.130. The molecule has 0 aliphatic rings. The zero-order valence-electron chi connectivity index (χ0n) is 10.4. The van der Waals surface area contributed by atoms with Crippen molar-refractivity contribution in [2.45, 2.75) is 0 Å². The van der Waals surface area contributed by atoms with E-state index in [1.165, 1.54) is 6.33 Å². The SMILES string of the molecule is COc1cccc(-c2ccc3nc[nH]c(=O)c3c2)c1. The van der Waals surface area contributed by atoms with Gasteiger partial charge in [-0.1, -0.05) is 18.2 Å². The summed E-state index contributed by atoms with van der Waals surface area (Å²) in [5, 5.41) is 0.586. The standard InChI is InChI=1S/C15H12N2O2/c1-19-12-4-2-3-10(7-12)11-5-6-14-13(8-11)15(18)17-9-16-14/h2-9H,1H3,(H,16,17,18). The molecule has 0 aliphatic heterocycles. The Morgan fingerprint density at radius 3 is 2.79 bits per heavy atom. The highest BCUT2D eigenvalue weighted by Crippen LogP contribution is 2.25. The molecule has 0 spiro atoms. The van der Waals surface area contributed by atoms with Gasteiger partial charge in [0.2, 0.25) is 0 Å². The van der Waals surface area contributed by atoms with E-state index in [0.717, 1.165) is 16.9 Å². The normalized spacial score (nSPS) is 10.6. The molecule has 19 heavy (non-hydrogen) atoms. The number of aromatic nitrogens is 2. The number of H-pyrrole nitrogens is 1. The van der Waals surface area contributed by atoms with E-state index in [9.17, 15) is 4.79 Å². The van der Waals surface area contributed by atoms with Crippen LogP contribution in [0, 0.1) is 0 Å². The number of hydrogen-bond acceptors (Lipinski definition) is 3. The molecule has 1 heterocycles. The molecule has 1 aromatic heterocycles. The average Bonchev–Trinajstić information content (AvgIpc) is 2.47. The summed E-state index contributed by atoms with van der Waals surface area (Å²) in [5.41, 5.74) is 2.53. The molecule has 0 radical (unpaired) electrons. The van der Waals surface area contributed by atoms with Crippen LogP contribution in [0.25, 0.3) is 22.0 Å². The van der Waals surface area contributed by atoms with E-state index in [1.807, 2.05) is 42.5 Å². The van der Waals surface area contributed by atoms with Crippen molar-refractivity contribution in [3.63, 3.8) is 0 Å². The van der Waals surface area contributed by atoms with Gasteiger partial charge in [-0.05, 0) is 35.4 Å². The van der Waals surface area contributed by atoms with E-state index in [4.69, 9.17) is 4.74 Å². The molecule has 0 unspecified atom stereocenters. The predicted molar refractivity (Wildman–Crippen MR) is 74.4 cm³/mol. The molecule has 1 N–H and O–H groups in total. The Labute approximate surface area is 109 Å². The quantitative estimate of drug-likeness (QED) is 0.762. The summed E-state index contributed by atoms with van der Waals surface area (Å²) < 4.78 is 5.21. The van der Waals surface area contributed by atoms with E-state index in [2.05, 4.69) is 9.97 Å². The third kappa shape index (κ3) is 2.08. The number of nitrogens with one attached hydrogen (secondary N) is 1. The summed E-state index contributed by atoms with van der Waals surface area (Å²) in [5.74, 6) is 0.790. The molecular weight excluding hydrogens is 240 g/mol. The van der Waals surface area contributed by atoms with Crippen molar-refractivity contribution in [3.8, 4) is 16.9 Å². The van der Waals surface area contributed by atoms with Gasteiger partial charge in [-0.25, -0.2) is 4.98 Å². The van der Waals surface area contributed by atoms with Gasteiger partial charge in [0.15, 0.2) is 0 Å². The van der Waals surface area contributed by atoms with Crippen LogP contribution < -0.4 is 10.3 Å². The van der Waals surface area contributed by atoms with Crippen LogP contribution in [0.5, 0.6) is 5.75 Å². The van der Waals surface area contributed by atoms with E-state index in [0.29, 0.717) is 10.9 Å². The highest BCUT2D eigenvalue weighted by Gasteiger charge is 2.04. The molecule has 3 rings (SSSR count). The highest BCUT2D eigenvalue weighted by atomic mass is 16.5. The smallest absolute Gasteiger partial charge is 0.258 e. The Balaban J connectivity index is 2.20. The van der Waals surface area contributed by atoms with Crippen LogP contribution in [0.3, 0.4) is 0 Å². The first-order valence-electron chi connectivity index (χ1n) is 5.90. The van der Waals surface area contributed by atoms with Crippen LogP contribution in [0.2, 0.25) is 0 Å². The lowest BCUT2D eigenvalue weighted by atomic mass is 10.0. The van der Waals surface area contributed by atoms with Crippen LogP contribution in [-0.4, -0.2) is 17.1 Å². The summed E-state index contributed by atoms with van der Waals surface area (Å²) >= 11 is 0. The second-order valence-corrected chi connectivity index (χ2v) is 4.20. The third-order valence-corrected chi connectivity index (χ3v) is 3.04. The first kappa shape index (κ1) is 11.5. The van der Waals surface area contributed by atoms with Crippen molar-refractivity contribution in [1.29, 1.82) is 0 Å². The van der Waals surface area contributed by atoms with Crippen molar-refractivity contribution in [1.82, 2.24) is 9.97 Å². The minimum Gasteiger partial charge on any atom is -0.497 e. The first-order chi connectivity index (χ1) is 9.28. The molecule has 4 heteroatoms. The molecule has 2 aromatic carbocycles. The molecular formula is C15H12N2O2. The molecule has 0 amide bonds. The lowest BCUT2D eigenvalue weighted by molar-refractivity contribution is 0.415.